The van der Waals surface area contributed by atoms with Gasteiger partial charge in [0.2, 0.25) is 5.91 Å². The van der Waals surface area contributed by atoms with Gasteiger partial charge in [0.25, 0.3) is 0 Å². The van der Waals surface area contributed by atoms with Gasteiger partial charge in [0.05, 0.1) is 18.4 Å². The summed E-state index contributed by atoms with van der Waals surface area (Å²) in [6.45, 7) is 4.75. The highest BCUT2D eigenvalue weighted by Gasteiger charge is 2.15. The molecule has 0 radical (unpaired) electrons. The Labute approximate surface area is 189 Å². The van der Waals surface area contributed by atoms with E-state index in [2.05, 4.69) is 15.5 Å². The van der Waals surface area contributed by atoms with Gasteiger partial charge in [-0.3, -0.25) is 4.79 Å². The Morgan fingerprint density at radius 2 is 1.97 bits per heavy atom. The monoisotopic (exact) mass is 456 g/mol. The topological polar surface area (TPSA) is 116 Å². The van der Waals surface area contributed by atoms with Gasteiger partial charge in [-0.25, -0.2) is 4.79 Å². The van der Waals surface area contributed by atoms with Crippen molar-refractivity contribution in [2.24, 2.45) is 0 Å². The number of anilines is 1. The first-order valence-corrected chi connectivity index (χ1v) is 10.8. The number of benzene rings is 2. The number of carboxylic acid groups (broad SMARTS) is 1. The molecule has 32 heavy (non-hydrogen) atoms. The number of carbonyl (C=O) groups is 2. The van der Waals surface area contributed by atoms with Crippen molar-refractivity contribution in [3.63, 3.8) is 0 Å². The molecule has 0 saturated carbocycles. The van der Waals surface area contributed by atoms with Crippen molar-refractivity contribution < 1.29 is 24.2 Å². The van der Waals surface area contributed by atoms with E-state index in [1.807, 2.05) is 36.6 Å². The molecule has 0 aliphatic rings. The number of carboxylic acids is 1. The van der Waals surface area contributed by atoms with E-state index in [4.69, 9.17) is 14.6 Å². The van der Waals surface area contributed by atoms with Crippen LogP contribution in [0.15, 0.2) is 47.6 Å². The standard InChI is InChI=1S/C22H24N4O5S/c1-4-26-19(12-31-17-9-8-14(2)10-18(17)30-3)24-25-22(26)32-13-20(27)23-16-7-5-6-15(11-16)21(28)29/h5-11H,4,12-13H2,1-3H3,(H,23,27)(H,28,29). The van der Waals surface area contributed by atoms with Gasteiger partial charge in [0, 0.05) is 12.2 Å². The van der Waals surface area contributed by atoms with Gasteiger partial charge in [-0.2, -0.15) is 0 Å². The van der Waals surface area contributed by atoms with Crippen molar-refractivity contribution in [1.29, 1.82) is 0 Å². The van der Waals surface area contributed by atoms with Gasteiger partial charge >= 0.3 is 5.97 Å². The Hall–Kier alpha value is -3.53. The number of carbonyl (C=O) groups excluding carboxylic acids is 1. The maximum atomic E-state index is 12.3. The van der Waals surface area contributed by atoms with Crippen LogP contribution in [0.2, 0.25) is 0 Å². The maximum absolute atomic E-state index is 12.3. The van der Waals surface area contributed by atoms with Gasteiger partial charge in [-0.15, -0.1) is 10.2 Å². The van der Waals surface area contributed by atoms with Crippen molar-refractivity contribution in [2.45, 2.75) is 32.2 Å². The van der Waals surface area contributed by atoms with E-state index in [-0.39, 0.29) is 23.8 Å². The maximum Gasteiger partial charge on any atom is 0.335 e. The first-order chi connectivity index (χ1) is 15.4. The predicted molar refractivity (Wildman–Crippen MR) is 121 cm³/mol. The Balaban J connectivity index is 1.60. The van der Waals surface area contributed by atoms with E-state index >= 15 is 0 Å². The highest BCUT2D eigenvalue weighted by atomic mass is 32.2. The first kappa shape index (κ1) is 23.1. The zero-order valence-corrected chi connectivity index (χ0v) is 18.8. The largest absolute Gasteiger partial charge is 0.493 e. The number of amides is 1. The summed E-state index contributed by atoms with van der Waals surface area (Å²) in [5, 5.41) is 20.7. The van der Waals surface area contributed by atoms with Crippen LogP contribution in [0.25, 0.3) is 0 Å². The van der Waals surface area contributed by atoms with E-state index in [0.29, 0.717) is 34.7 Å². The lowest BCUT2D eigenvalue weighted by Crippen LogP contribution is -2.15. The normalized spacial score (nSPS) is 10.6. The molecule has 0 aliphatic heterocycles. The third-order valence-electron chi connectivity index (χ3n) is 4.51. The third-order valence-corrected chi connectivity index (χ3v) is 5.48. The summed E-state index contributed by atoms with van der Waals surface area (Å²) in [5.41, 5.74) is 1.60. The molecule has 0 spiro atoms. The van der Waals surface area contributed by atoms with Crippen LogP contribution in [-0.2, 0) is 17.9 Å². The summed E-state index contributed by atoms with van der Waals surface area (Å²) in [6, 6.07) is 11.8. The lowest BCUT2D eigenvalue weighted by molar-refractivity contribution is -0.113. The zero-order valence-electron chi connectivity index (χ0n) is 18.0. The van der Waals surface area contributed by atoms with Crippen molar-refractivity contribution in [3.8, 4) is 11.5 Å². The van der Waals surface area contributed by atoms with Crippen LogP contribution in [0.3, 0.4) is 0 Å². The number of methoxy groups -OCH3 is 1. The molecule has 10 heteroatoms. The molecule has 0 bridgehead atoms. The molecule has 3 aromatic rings. The molecule has 9 nitrogen and oxygen atoms in total. The lowest BCUT2D eigenvalue weighted by Gasteiger charge is -2.12. The van der Waals surface area contributed by atoms with Gasteiger partial charge in [0.15, 0.2) is 22.5 Å². The molecular weight excluding hydrogens is 432 g/mol. The predicted octanol–water partition coefficient (Wildman–Crippen LogP) is 3.62. The number of nitrogens with one attached hydrogen (secondary N) is 1. The van der Waals surface area contributed by atoms with Crippen LogP contribution in [0, 0.1) is 6.92 Å². The van der Waals surface area contributed by atoms with Crippen molar-refractivity contribution in [2.75, 3.05) is 18.2 Å². The zero-order chi connectivity index (χ0) is 23.1. The van der Waals surface area contributed by atoms with Crippen molar-refractivity contribution >= 4 is 29.3 Å². The first-order valence-electron chi connectivity index (χ1n) is 9.86. The number of hydrogen-bond donors (Lipinski definition) is 2. The molecule has 0 aliphatic carbocycles. The fourth-order valence-electron chi connectivity index (χ4n) is 2.94. The SMILES string of the molecule is CCn1c(COc2ccc(C)cc2OC)nnc1SCC(=O)Nc1cccc(C(=O)O)c1. The van der Waals surface area contributed by atoms with E-state index in [9.17, 15) is 9.59 Å². The fourth-order valence-corrected chi connectivity index (χ4v) is 3.76. The van der Waals surface area contributed by atoms with Gasteiger partial charge < -0.3 is 24.5 Å². The average Bonchev–Trinajstić information content (AvgIpc) is 3.18. The minimum atomic E-state index is -1.05. The van der Waals surface area contributed by atoms with Gasteiger partial charge in [-0.05, 0) is 49.7 Å². The molecule has 3 rings (SSSR count). The van der Waals surface area contributed by atoms with Crippen LogP contribution in [0.1, 0.15) is 28.7 Å². The Morgan fingerprint density at radius 3 is 2.69 bits per heavy atom. The molecule has 168 valence electrons. The smallest absolute Gasteiger partial charge is 0.335 e. The van der Waals surface area contributed by atoms with Crippen LogP contribution >= 0.6 is 11.8 Å². The second kappa shape index (κ2) is 10.7. The number of hydrogen-bond acceptors (Lipinski definition) is 7. The van der Waals surface area contributed by atoms with Crippen molar-refractivity contribution in [3.05, 3.63) is 59.4 Å². The number of aromatic carboxylic acids is 1. The summed E-state index contributed by atoms with van der Waals surface area (Å²) >= 11 is 1.24. The Morgan fingerprint density at radius 1 is 1.16 bits per heavy atom. The molecule has 0 saturated heterocycles. The highest BCUT2D eigenvalue weighted by molar-refractivity contribution is 7.99. The third kappa shape index (κ3) is 5.79. The summed E-state index contributed by atoms with van der Waals surface area (Å²) in [7, 11) is 1.59. The summed E-state index contributed by atoms with van der Waals surface area (Å²) in [5.74, 6) is 0.663. The number of ether oxygens (including phenoxy) is 2. The second-order valence-electron chi connectivity index (χ2n) is 6.81. The molecule has 0 fully saturated rings. The molecule has 1 heterocycles. The molecule has 2 N–H and O–H groups in total. The van der Waals surface area contributed by atoms with Gasteiger partial charge in [-0.1, -0.05) is 23.9 Å². The Bertz CT molecular complexity index is 1120. The molecular formula is C22H24N4O5S. The minimum absolute atomic E-state index is 0.0993. The molecule has 0 unspecified atom stereocenters. The molecule has 2 aromatic carbocycles. The number of nitrogens with zero attached hydrogens (tertiary/aromatic N) is 3. The average molecular weight is 457 g/mol. The van der Waals surface area contributed by atoms with Crippen molar-refractivity contribution in [1.82, 2.24) is 14.8 Å². The van der Waals surface area contributed by atoms with E-state index < -0.39 is 5.97 Å². The number of aromatic nitrogens is 3. The lowest BCUT2D eigenvalue weighted by atomic mass is 10.2. The van der Waals surface area contributed by atoms with Crippen LogP contribution < -0.4 is 14.8 Å². The summed E-state index contributed by atoms with van der Waals surface area (Å²) in [4.78, 5) is 23.4. The quantitative estimate of drug-likeness (QED) is 0.445. The highest BCUT2D eigenvalue weighted by Crippen LogP contribution is 2.28. The molecule has 0 atom stereocenters. The number of aryl methyl sites for hydroxylation is 1. The van der Waals surface area contributed by atoms with Crippen LogP contribution in [-0.4, -0.2) is 44.6 Å². The number of rotatable bonds is 10. The van der Waals surface area contributed by atoms with Crippen LogP contribution in [0.4, 0.5) is 5.69 Å². The van der Waals surface area contributed by atoms with E-state index in [1.165, 1.54) is 23.9 Å². The summed E-state index contributed by atoms with van der Waals surface area (Å²) < 4.78 is 13.1. The molecule has 1 amide bonds. The number of thioether (sulfide) groups is 1. The van der Waals surface area contributed by atoms with Gasteiger partial charge in [0.1, 0.15) is 6.61 Å². The fraction of sp³-hybridized carbons (Fsp3) is 0.273. The van der Waals surface area contributed by atoms with E-state index in [0.717, 1.165) is 5.56 Å². The Kier molecular flexibility index (Phi) is 7.72. The minimum Gasteiger partial charge on any atom is -0.493 e. The van der Waals surface area contributed by atoms with Crippen LogP contribution in [0.5, 0.6) is 11.5 Å². The molecule has 1 aromatic heterocycles. The summed E-state index contributed by atoms with van der Waals surface area (Å²) in [6.07, 6.45) is 0. The van der Waals surface area contributed by atoms with E-state index in [1.54, 1.807) is 19.2 Å². The second-order valence-corrected chi connectivity index (χ2v) is 7.75.